The van der Waals surface area contributed by atoms with Crippen LogP contribution >= 0.6 is 15.9 Å². The summed E-state index contributed by atoms with van der Waals surface area (Å²) in [6.07, 6.45) is 5.07. The van der Waals surface area contributed by atoms with Crippen molar-refractivity contribution in [1.82, 2.24) is 5.32 Å². The van der Waals surface area contributed by atoms with E-state index in [4.69, 9.17) is 5.26 Å². The molecule has 2 nitrogen and oxygen atoms in total. The van der Waals surface area contributed by atoms with E-state index in [1.165, 1.54) is 5.56 Å². The van der Waals surface area contributed by atoms with E-state index < -0.39 is 0 Å². The second-order valence-electron chi connectivity index (χ2n) is 4.63. The number of hydrogen-bond donors (Lipinski definition) is 1. The predicted octanol–water partition coefficient (Wildman–Crippen LogP) is 4.10. The van der Waals surface area contributed by atoms with E-state index in [2.05, 4.69) is 64.6 Å². The highest BCUT2D eigenvalue weighted by Crippen LogP contribution is 2.24. The van der Waals surface area contributed by atoms with E-state index >= 15 is 0 Å². The third-order valence-corrected chi connectivity index (χ3v) is 3.90. The van der Waals surface area contributed by atoms with E-state index in [9.17, 15) is 0 Å². The molecule has 2 rings (SSSR count). The molecule has 0 saturated heterocycles. The van der Waals surface area contributed by atoms with Gasteiger partial charge >= 0.3 is 0 Å². The first-order chi connectivity index (χ1) is 8.72. The second-order valence-corrected chi connectivity index (χ2v) is 5.54. The molecule has 0 radical (unpaired) electrons. The fourth-order valence-corrected chi connectivity index (χ4v) is 2.61. The van der Waals surface area contributed by atoms with Gasteiger partial charge in [0.2, 0.25) is 0 Å². The van der Waals surface area contributed by atoms with Crippen molar-refractivity contribution in [2.24, 2.45) is 0 Å². The normalized spacial score (nSPS) is 20.3. The topological polar surface area (TPSA) is 35.8 Å². The van der Waals surface area contributed by atoms with Crippen molar-refractivity contribution in [2.45, 2.75) is 38.3 Å². The molecule has 18 heavy (non-hydrogen) atoms. The summed E-state index contributed by atoms with van der Waals surface area (Å²) in [5, 5.41) is 12.5. The quantitative estimate of drug-likeness (QED) is 0.909. The Labute approximate surface area is 117 Å². The summed E-state index contributed by atoms with van der Waals surface area (Å²) in [7, 11) is 0. The molecule has 94 valence electrons. The van der Waals surface area contributed by atoms with E-state index in [0.717, 1.165) is 29.3 Å². The van der Waals surface area contributed by atoms with Gasteiger partial charge in [0.15, 0.2) is 0 Å². The minimum atomic E-state index is 0.341. The highest BCUT2D eigenvalue weighted by atomic mass is 79.9. The van der Waals surface area contributed by atoms with Gasteiger partial charge in [-0.25, -0.2) is 0 Å². The second kappa shape index (κ2) is 6.17. The highest BCUT2D eigenvalue weighted by Gasteiger charge is 2.19. The summed E-state index contributed by atoms with van der Waals surface area (Å²) >= 11 is 3.46. The molecule has 1 aromatic carbocycles. The van der Waals surface area contributed by atoms with Gasteiger partial charge in [0.25, 0.3) is 0 Å². The Kier molecular flexibility index (Phi) is 4.57. The molecule has 2 unspecified atom stereocenters. The lowest BCUT2D eigenvalue weighted by atomic mass is 10.0. The molecule has 0 amide bonds. The Morgan fingerprint density at radius 3 is 2.72 bits per heavy atom. The summed E-state index contributed by atoms with van der Waals surface area (Å²) in [5.74, 6) is 0. The van der Waals surface area contributed by atoms with Crippen molar-refractivity contribution in [3.63, 3.8) is 0 Å². The zero-order chi connectivity index (χ0) is 13.0. The molecule has 0 aliphatic heterocycles. The molecule has 3 heteroatoms. The maximum Gasteiger partial charge on any atom is 0.0944 e. The first-order valence-electron chi connectivity index (χ1n) is 6.35. The highest BCUT2D eigenvalue weighted by molar-refractivity contribution is 9.10. The van der Waals surface area contributed by atoms with Gasteiger partial charge in [-0.2, -0.15) is 5.26 Å². The molecular weight excluding hydrogens is 288 g/mol. The maximum absolute atomic E-state index is 8.87. The van der Waals surface area contributed by atoms with Crippen molar-refractivity contribution < 1.29 is 0 Å². The van der Waals surface area contributed by atoms with Crippen LogP contribution in [0.2, 0.25) is 0 Å². The summed E-state index contributed by atoms with van der Waals surface area (Å²) in [6.45, 7) is 2.18. The molecule has 0 bridgehead atoms. The smallest absolute Gasteiger partial charge is 0.0944 e. The Balaban J connectivity index is 2.04. The number of halogens is 1. The lowest BCUT2D eigenvalue weighted by Crippen LogP contribution is -2.29. The molecule has 0 heterocycles. The van der Waals surface area contributed by atoms with Crippen LogP contribution in [0.5, 0.6) is 0 Å². The number of nitrogens with one attached hydrogen (secondary N) is 1. The molecule has 0 spiro atoms. The van der Waals surface area contributed by atoms with Gasteiger partial charge in [-0.1, -0.05) is 41.1 Å². The lowest BCUT2D eigenvalue weighted by molar-refractivity contribution is 0.467. The van der Waals surface area contributed by atoms with Crippen LogP contribution in [-0.2, 0) is 0 Å². The molecule has 0 aromatic heterocycles. The predicted molar refractivity (Wildman–Crippen MR) is 77.0 cm³/mol. The number of nitriles is 1. The zero-order valence-corrected chi connectivity index (χ0v) is 12.1. The van der Waals surface area contributed by atoms with Crippen LogP contribution < -0.4 is 5.32 Å². The van der Waals surface area contributed by atoms with Crippen LogP contribution in [0.3, 0.4) is 0 Å². The average molecular weight is 305 g/mol. The SMILES string of the molecule is CCC(NC1C=C(C#N)CC1)c1ccc(Br)cc1. The summed E-state index contributed by atoms with van der Waals surface area (Å²) in [5.41, 5.74) is 2.22. The molecule has 1 N–H and O–H groups in total. The van der Waals surface area contributed by atoms with Crippen LogP contribution in [-0.4, -0.2) is 6.04 Å². The molecule has 0 fully saturated rings. The Morgan fingerprint density at radius 1 is 1.44 bits per heavy atom. The minimum Gasteiger partial charge on any atom is -0.304 e. The molecule has 1 aromatic rings. The van der Waals surface area contributed by atoms with Gasteiger partial charge < -0.3 is 5.32 Å². The summed E-state index contributed by atoms with van der Waals surface area (Å²) in [4.78, 5) is 0. The van der Waals surface area contributed by atoms with Gasteiger partial charge in [-0.05, 0) is 37.0 Å². The van der Waals surface area contributed by atoms with Crippen molar-refractivity contribution in [3.8, 4) is 6.07 Å². The van der Waals surface area contributed by atoms with Crippen LogP contribution in [0.15, 0.2) is 40.4 Å². The van der Waals surface area contributed by atoms with E-state index in [-0.39, 0.29) is 0 Å². The van der Waals surface area contributed by atoms with Crippen molar-refractivity contribution in [1.29, 1.82) is 5.26 Å². The summed E-state index contributed by atoms with van der Waals surface area (Å²) < 4.78 is 1.11. The van der Waals surface area contributed by atoms with E-state index in [0.29, 0.717) is 12.1 Å². The van der Waals surface area contributed by atoms with Gasteiger partial charge in [0.1, 0.15) is 0 Å². The van der Waals surface area contributed by atoms with Crippen LogP contribution in [0.1, 0.15) is 37.8 Å². The van der Waals surface area contributed by atoms with E-state index in [1.54, 1.807) is 0 Å². The Hall–Kier alpha value is -1.11. The number of allylic oxidation sites excluding steroid dienone is 1. The largest absolute Gasteiger partial charge is 0.304 e. The van der Waals surface area contributed by atoms with Crippen molar-refractivity contribution in [2.75, 3.05) is 0 Å². The van der Waals surface area contributed by atoms with Gasteiger partial charge in [0, 0.05) is 22.1 Å². The monoisotopic (exact) mass is 304 g/mol. The Bertz CT molecular complexity index is 470. The summed E-state index contributed by atoms with van der Waals surface area (Å²) in [6, 6.07) is 11.4. The molecule has 2 atom stereocenters. The van der Waals surface area contributed by atoms with Gasteiger partial charge in [-0.15, -0.1) is 0 Å². The number of benzene rings is 1. The fraction of sp³-hybridized carbons (Fsp3) is 0.400. The molecule has 1 aliphatic rings. The third kappa shape index (κ3) is 3.22. The zero-order valence-electron chi connectivity index (χ0n) is 10.5. The number of rotatable bonds is 4. The Morgan fingerprint density at radius 2 is 2.17 bits per heavy atom. The van der Waals surface area contributed by atoms with Crippen LogP contribution in [0, 0.1) is 11.3 Å². The number of hydrogen-bond acceptors (Lipinski definition) is 2. The van der Waals surface area contributed by atoms with Crippen molar-refractivity contribution >= 4 is 15.9 Å². The van der Waals surface area contributed by atoms with E-state index in [1.807, 2.05) is 0 Å². The minimum absolute atomic E-state index is 0.341. The molecule has 0 saturated carbocycles. The van der Waals surface area contributed by atoms with Crippen molar-refractivity contribution in [3.05, 3.63) is 46.0 Å². The van der Waals surface area contributed by atoms with Gasteiger partial charge in [0.05, 0.1) is 6.07 Å². The number of nitrogens with zero attached hydrogens (tertiary/aromatic N) is 1. The average Bonchev–Trinajstić information content (AvgIpc) is 2.85. The first kappa shape index (κ1) is 13.3. The van der Waals surface area contributed by atoms with Gasteiger partial charge in [-0.3, -0.25) is 0 Å². The first-order valence-corrected chi connectivity index (χ1v) is 7.14. The third-order valence-electron chi connectivity index (χ3n) is 3.37. The van der Waals surface area contributed by atoms with Crippen LogP contribution in [0.4, 0.5) is 0 Å². The molecule has 1 aliphatic carbocycles. The maximum atomic E-state index is 8.87. The standard InChI is InChI=1S/C15H17BrN2/c1-2-15(12-4-6-13(16)7-5-12)18-14-8-3-11(9-14)10-17/h4-7,9,14-15,18H,2-3,8H2,1H3. The molecular formula is C15H17BrN2. The fourth-order valence-electron chi connectivity index (χ4n) is 2.35. The van der Waals surface area contributed by atoms with Crippen LogP contribution in [0.25, 0.3) is 0 Å². The lowest BCUT2D eigenvalue weighted by Gasteiger charge is -2.21.